The van der Waals surface area contributed by atoms with E-state index in [1.54, 1.807) is 7.05 Å². The molecule has 0 aliphatic carbocycles. The molecule has 3 rings (SSSR count). The van der Waals surface area contributed by atoms with Gasteiger partial charge in [-0.3, -0.25) is 4.99 Å². The van der Waals surface area contributed by atoms with Crippen LogP contribution in [0.1, 0.15) is 29.4 Å². The van der Waals surface area contributed by atoms with Crippen LogP contribution in [-0.4, -0.2) is 35.2 Å². The van der Waals surface area contributed by atoms with E-state index < -0.39 is 0 Å². The molecular formula is C24H32IN5O. The molecule has 1 atom stereocenters. The number of halogens is 1. The van der Waals surface area contributed by atoms with Crippen molar-refractivity contribution in [3.05, 3.63) is 83.4 Å². The van der Waals surface area contributed by atoms with E-state index in [4.69, 9.17) is 4.74 Å². The molecule has 6 nitrogen and oxygen atoms in total. The zero-order valence-electron chi connectivity index (χ0n) is 18.6. The fourth-order valence-corrected chi connectivity index (χ4v) is 3.20. The number of guanidine groups is 1. The maximum absolute atomic E-state index is 6.03. The summed E-state index contributed by atoms with van der Waals surface area (Å²) in [6.07, 6.45) is 3.86. The summed E-state index contributed by atoms with van der Waals surface area (Å²) in [7, 11) is 1.78. The Morgan fingerprint density at radius 2 is 1.87 bits per heavy atom. The van der Waals surface area contributed by atoms with Crippen molar-refractivity contribution in [3.8, 4) is 5.75 Å². The van der Waals surface area contributed by atoms with Crippen LogP contribution in [0.4, 0.5) is 0 Å². The molecule has 31 heavy (non-hydrogen) atoms. The molecule has 1 heterocycles. The lowest BCUT2D eigenvalue weighted by atomic mass is 10.1. The van der Waals surface area contributed by atoms with E-state index in [1.807, 2.05) is 44.4 Å². The first-order valence-electron chi connectivity index (χ1n) is 10.3. The SMILES string of the molecule is CN=C(NCc1cccc(Cn2ccnc2C)c1)NCC(C)Oc1ccccc1C.I. The third-order valence-corrected chi connectivity index (χ3v) is 4.93. The maximum atomic E-state index is 6.03. The summed E-state index contributed by atoms with van der Waals surface area (Å²) in [5, 5.41) is 6.72. The van der Waals surface area contributed by atoms with Gasteiger partial charge in [-0.05, 0) is 43.5 Å². The van der Waals surface area contributed by atoms with Crippen molar-refractivity contribution in [2.45, 2.75) is 40.0 Å². The fourth-order valence-electron chi connectivity index (χ4n) is 3.20. The first-order chi connectivity index (χ1) is 14.5. The van der Waals surface area contributed by atoms with Crippen LogP contribution >= 0.6 is 24.0 Å². The highest BCUT2D eigenvalue weighted by molar-refractivity contribution is 14.0. The van der Waals surface area contributed by atoms with E-state index in [0.29, 0.717) is 13.1 Å². The topological polar surface area (TPSA) is 63.5 Å². The summed E-state index contributed by atoms with van der Waals surface area (Å²) in [5.74, 6) is 2.69. The Morgan fingerprint density at radius 1 is 1.10 bits per heavy atom. The molecule has 0 saturated carbocycles. The molecule has 0 radical (unpaired) electrons. The van der Waals surface area contributed by atoms with Gasteiger partial charge in [-0.25, -0.2) is 4.98 Å². The Balaban J connectivity index is 0.00000341. The molecule has 0 bridgehead atoms. The Morgan fingerprint density at radius 3 is 2.58 bits per heavy atom. The standard InChI is InChI=1S/C24H31N5O.HI/c1-18-8-5-6-11-23(18)30-19(2)15-27-24(25-4)28-16-21-9-7-10-22(14-21)17-29-13-12-26-20(29)3;/h5-14,19H,15-17H2,1-4H3,(H2,25,27,28);1H. The number of aromatic nitrogens is 2. The van der Waals surface area contributed by atoms with Gasteiger partial charge >= 0.3 is 0 Å². The number of nitrogens with zero attached hydrogens (tertiary/aromatic N) is 3. The summed E-state index contributed by atoms with van der Waals surface area (Å²) >= 11 is 0. The smallest absolute Gasteiger partial charge is 0.191 e. The molecule has 2 aromatic carbocycles. The molecule has 2 N–H and O–H groups in total. The number of para-hydroxylation sites is 1. The molecule has 0 fully saturated rings. The average Bonchev–Trinajstić information content (AvgIpc) is 3.14. The number of nitrogens with one attached hydrogen (secondary N) is 2. The van der Waals surface area contributed by atoms with Crippen LogP contribution in [-0.2, 0) is 13.1 Å². The normalized spacial score (nSPS) is 12.1. The van der Waals surface area contributed by atoms with Crippen molar-refractivity contribution in [3.63, 3.8) is 0 Å². The van der Waals surface area contributed by atoms with Crippen molar-refractivity contribution < 1.29 is 4.74 Å². The largest absolute Gasteiger partial charge is 0.489 e. The number of benzene rings is 2. The van der Waals surface area contributed by atoms with Gasteiger partial charge in [0.1, 0.15) is 17.7 Å². The van der Waals surface area contributed by atoms with E-state index in [0.717, 1.165) is 29.6 Å². The van der Waals surface area contributed by atoms with E-state index in [2.05, 4.69) is 62.4 Å². The first kappa shape index (κ1) is 24.7. The number of aliphatic imine (C=N–C) groups is 1. The zero-order chi connectivity index (χ0) is 21.3. The van der Waals surface area contributed by atoms with Gasteiger partial charge in [-0.1, -0.05) is 42.5 Å². The van der Waals surface area contributed by atoms with Crippen molar-refractivity contribution in [2.75, 3.05) is 13.6 Å². The van der Waals surface area contributed by atoms with Crippen LogP contribution in [0.2, 0.25) is 0 Å². The minimum atomic E-state index is 0. The maximum Gasteiger partial charge on any atom is 0.191 e. The second-order valence-electron chi connectivity index (χ2n) is 7.42. The molecule has 1 aromatic heterocycles. The first-order valence-corrected chi connectivity index (χ1v) is 10.3. The van der Waals surface area contributed by atoms with Gasteiger partial charge in [0.05, 0.1) is 6.54 Å². The molecular weight excluding hydrogens is 501 g/mol. The van der Waals surface area contributed by atoms with Crippen LogP contribution in [0.5, 0.6) is 5.75 Å². The highest BCUT2D eigenvalue weighted by atomic mass is 127. The summed E-state index contributed by atoms with van der Waals surface area (Å²) in [6.45, 7) is 8.30. The summed E-state index contributed by atoms with van der Waals surface area (Å²) < 4.78 is 8.17. The number of rotatable bonds is 8. The van der Waals surface area contributed by atoms with Gasteiger partial charge in [0, 0.05) is 32.5 Å². The van der Waals surface area contributed by atoms with Gasteiger partial charge in [-0.15, -0.1) is 24.0 Å². The van der Waals surface area contributed by atoms with Crippen LogP contribution in [0.25, 0.3) is 0 Å². The number of hydrogen-bond acceptors (Lipinski definition) is 3. The highest BCUT2D eigenvalue weighted by Crippen LogP contribution is 2.17. The second-order valence-corrected chi connectivity index (χ2v) is 7.42. The molecule has 0 amide bonds. The number of ether oxygens (including phenoxy) is 1. The van der Waals surface area contributed by atoms with Crippen molar-refractivity contribution >= 4 is 29.9 Å². The Bertz CT molecular complexity index is 985. The molecule has 166 valence electrons. The monoisotopic (exact) mass is 533 g/mol. The Hall–Kier alpha value is -2.55. The lowest BCUT2D eigenvalue weighted by molar-refractivity contribution is 0.222. The third-order valence-electron chi connectivity index (χ3n) is 4.93. The molecule has 7 heteroatoms. The number of hydrogen-bond donors (Lipinski definition) is 2. The van der Waals surface area contributed by atoms with Crippen LogP contribution in [0.15, 0.2) is 65.9 Å². The van der Waals surface area contributed by atoms with Gasteiger partial charge in [0.25, 0.3) is 0 Å². The summed E-state index contributed by atoms with van der Waals surface area (Å²) in [5.41, 5.74) is 3.59. The van der Waals surface area contributed by atoms with Gasteiger partial charge in [0.15, 0.2) is 5.96 Å². The number of imidazole rings is 1. The molecule has 0 spiro atoms. The van der Waals surface area contributed by atoms with Crippen molar-refractivity contribution in [1.82, 2.24) is 20.2 Å². The predicted molar refractivity (Wildman–Crippen MR) is 137 cm³/mol. The molecule has 1 unspecified atom stereocenters. The van der Waals surface area contributed by atoms with E-state index in [-0.39, 0.29) is 30.1 Å². The lowest BCUT2D eigenvalue weighted by Gasteiger charge is -2.19. The molecule has 3 aromatic rings. The lowest BCUT2D eigenvalue weighted by Crippen LogP contribution is -2.41. The Labute approximate surface area is 202 Å². The van der Waals surface area contributed by atoms with E-state index >= 15 is 0 Å². The summed E-state index contributed by atoms with van der Waals surface area (Å²) in [4.78, 5) is 8.61. The quantitative estimate of drug-likeness (QED) is 0.258. The highest BCUT2D eigenvalue weighted by Gasteiger charge is 2.08. The minimum Gasteiger partial charge on any atom is -0.489 e. The van der Waals surface area contributed by atoms with Gasteiger partial charge in [-0.2, -0.15) is 0 Å². The molecule has 0 saturated heterocycles. The van der Waals surface area contributed by atoms with Crippen LogP contribution < -0.4 is 15.4 Å². The Kier molecular flexibility index (Phi) is 9.84. The zero-order valence-corrected chi connectivity index (χ0v) is 21.0. The number of aryl methyl sites for hydroxylation is 2. The summed E-state index contributed by atoms with van der Waals surface area (Å²) in [6, 6.07) is 16.6. The predicted octanol–water partition coefficient (Wildman–Crippen LogP) is 4.30. The van der Waals surface area contributed by atoms with Gasteiger partial charge in [0.2, 0.25) is 0 Å². The average molecular weight is 533 g/mol. The van der Waals surface area contributed by atoms with Crippen molar-refractivity contribution in [1.29, 1.82) is 0 Å². The minimum absolute atomic E-state index is 0. The molecule has 0 aliphatic heterocycles. The third kappa shape index (κ3) is 7.57. The van der Waals surface area contributed by atoms with E-state index in [1.165, 1.54) is 11.1 Å². The fraction of sp³-hybridized carbons (Fsp3) is 0.333. The second kappa shape index (κ2) is 12.3. The van der Waals surface area contributed by atoms with E-state index in [9.17, 15) is 0 Å². The van der Waals surface area contributed by atoms with Crippen LogP contribution in [0.3, 0.4) is 0 Å². The van der Waals surface area contributed by atoms with Crippen LogP contribution in [0, 0.1) is 13.8 Å². The van der Waals surface area contributed by atoms with Crippen molar-refractivity contribution in [2.24, 2.45) is 4.99 Å². The van der Waals surface area contributed by atoms with Gasteiger partial charge < -0.3 is 19.9 Å². The molecule has 0 aliphatic rings.